The molecule has 1 fully saturated rings. The van der Waals surface area contributed by atoms with Gasteiger partial charge in [0.05, 0.1) is 19.2 Å². The Morgan fingerprint density at radius 3 is 3.17 bits per heavy atom. The van der Waals surface area contributed by atoms with Crippen molar-refractivity contribution in [3.63, 3.8) is 0 Å². The molecule has 102 valence electrons. The largest absolute Gasteiger partial charge is 0.383 e. The second kappa shape index (κ2) is 6.85. The first-order valence-electron chi connectivity index (χ1n) is 6.89. The monoisotopic (exact) mass is 252 g/mol. The molecule has 0 radical (unpaired) electrons. The van der Waals surface area contributed by atoms with Gasteiger partial charge < -0.3 is 10.1 Å². The van der Waals surface area contributed by atoms with Gasteiger partial charge in [-0.15, -0.1) is 0 Å². The zero-order chi connectivity index (χ0) is 12.8. The van der Waals surface area contributed by atoms with Gasteiger partial charge in [-0.1, -0.05) is 19.8 Å². The van der Waals surface area contributed by atoms with Crippen LogP contribution in [-0.2, 0) is 11.3 Å². The van der Waals surface area contributed by atoms with Crippen LogP contribution in [-0.4, -0.2) is 35.0 Å². The Bertz CT molecular complexity index is 353. The number of methoxy groups -OCH3 is 1. The summed E-state index contributed by atoms with van der Waals surface area (Å²) in [4.78, 5) is 4.36. The van der Waals surface area contributed by atoms with Gasteiger partial charge in [-0.25, -0.2) is 9.67 Å². The fourth-order valence-electron chi connectivity index (χ4n) is 2.70. The van der Waals surface area contributed by atoms with Crippen molar-refractivity contribution in [3.8, 4) is 0 Å². The first-order chi connectivity index (χ1) is 8.81. The van der Waals surface area contributed by atoms with Crippen LogP contribution in [0.4, 0.5) is 0 Å². The van der Waals surface area contributed by atoms with Gasteiger partial charge in [-0.05, 0) is 18.8 Å². The first kappa shape index (κ1) is 13.5. The van der Waals surface area contributed by atoms with Crippen molar-refractivity contribution in [1.82, 2.24) is 20.1 Å². The predicted molar refractivity (Wildman–Crippen MR) is 70.3 cm³/mol. The van der Waals surface area contributed by atoms with Crippen LogP contribution in [0.1, 0.15) is 44.5 Å². The second-order valence-corrected chi connectivity index (χ2v) is 5.22. The highest BCUT2D eigenvalue weighted by atomic mass is 16.5. The molecule has 2 rings (SSSR count). The predicted octanol–water partition coefficient (Wildman–Crippen LogP) is 1.77. The molecule has 1 aliphatic carbocycles. The molecule has 2 unspecified atom stereocenters. The number of aromatic nitrogens is 3. The van der Waals surface area contributed by atoms with Crippen LogP contribution >= 0.6 is 0 Å². The molecule has 0 bridgehead atoms. The fraction of sp³-hybridized carbons (Fsp3) is 0.846. The lowest BCUT2D eigenvalue weighted by molar-refractivity contribution is 0.198. The van der Waals surface area contributed by atoms with Gasteiger partial charge in [0, 0.05) is 13.7 Å². The summed E-state index contributed by atoms with van der Waals surface area (Å²) in [7, 11) is 1.72. The summed E-state index contributed by atoms with van der Waals surface area (Å²) < 4.78 is 7.14. The van der Waals surface area contributed by atoms with Crippen LogP contribution in [0, 0.1) is 5.92 Å². The molecular weight excluding hydrogens is 228 g/mol. The molecule has 1 aliphatic rings. The Balaban J connectivity index is 1.90. The lowest BCUT2D eigenvalue weighted by Crippen LogP contribution is -2.25. The number of nitrogens with one attached hydrogen (secondary N) is 1. The lowest BCUT2D eigenvalue weighted by atomic mass is 9.87. The molecule has 0 amide bonds. The zero-order valence-electron chi connectivity index (χ0n) is 11.4. The fourth-order valence-corrected chi connectivity index (χ4v) is 2.70. The summed E-state index contributed by atoms with van der Waals surface area (Å²) in [6.07, 6.45) is 6.80. The van der Waals surface area contributed by atoms with Crippen molar-refractivity contribution in [2.45, 2.75) is 45.2 Å². The molecule has 0 spiro atoms. The van der Waals surface area contributed by atoms with Crippen LogP contribution in [0.25, 0.3) is 0 Å². The minimum absolute atomic E-state index is 0.537. The zero-order valence-corrected chi connectivity index (χ0v) is 11.4. The van der Waals surface area contributed by atoms with Gasteiger partial charge in [0.25, 0.3) is 0 Å². The highest BCUT2D eigenvalue weighted by Gasteiger charge is 2.22. The Kier molecular flexibility index (Phi) is 5.13. The molecule has 18 heavy (non-hydrogen) atoms. The standard InChI is InChI=1S/C13H24N4O/c1-11-4-3-5-12(8-11)17-13(15-10-16-17)9-14-6-7-18-2/h10-12,14H,3-9H2,1-2H3. The molecule has 5 nitrogen and oxygen atoms in total. The Morgan fingerprint density at radius 1 is 1.50 bits per heavy atom. The molecule has 2 atom stereocenters. The number of nitrogens with zero attached hydrogens (tertiary/aromatic N) is 3. The lowest BCUT2D eigenvalue weighted by Gasteiger charge is -2.27. The van der Waals surface area contributed by atoms with E-state index in [-0.39, 0.29) is 0 Å². The normalized spacial score (nSPS) is 24.3. The molecule has 5 heteroatoms. The molecule has 0 aliphatic heterocycles. The van der Waals surface area contributed by atoms with E-state index < -0.39 is 0 Å². The van der Waals surface area contributed by atoms with Crippen molar-refractivity contribution in [2.75, 3.05) is 20.3 Å². The number of hydrogen-bond donors (Lipinski definition) is 1. The van der Waals surface area contributed by atoms with E-state index in [9.17, 15) is 0 Å². The maximum atomic E-state index is 5.02. The summed E-state index contributed by atoms with van der Waals surface area (Å²) in [5.74, 6) is 1.85. The van der Waals surface area contributed by atoms with Gasteiger partial charge >= 0.3 is 0 Å². The molecule has 1 heterocycles. The highest BCUT2D eigenvalue weighted by Crippen LogP contribution is 2.31. The van der Waals surface area contributed by atoms with Crippen molar-refractivity contribution >= 4 is 0 Å². The molecule has 0 saturated heterocycles. The summed E-state index contributed by atoms with van der Waals surface area (Å²) in [6.45, 7) is 4.69. The van der Waals surface area contributed by atoms with E-state index in [4.69, 9.17) is 4.74 Å². The maximum Gasteiger partial charge on any atom is 0.141 e. The topological polar surface area (TPSA) is 52.0 Å². The molecule has 0 aromatic carbocycles. The third-order valence-electron chi connectivity index (χ3n) is 3.67. The smallest absolute Gasteiger partial charge is 0.141 e. The van der Waals surface area contributed by atoms with Gasteiger partial charge in [0.1, 0.15) is 12.2 Å². The van der Waals surface area contributed by atoms with Crippen molar-refractivity contribution < 1.29 is 4.74 Å². The summed E-state index contributed by atoms with van der Waals surface area (Å²) in [6, 6.07) is 0.537. The summed E-state index contributed by atoms with van der Waals surface area (Å²) in [5, 5.41) is 7.74. The maximum absolute atomic E-state index is 5.02. The van der Waals surface area contributed by atoms with Crippen LogP contribution in [0.2, 0.25) is 0 Å². The van der Waals surface area contributed by atoms with E-state index in [0.29, 0.717) is 6.04 Å². The van der Waals surface area contributed by atoms with E-state index in [0.717, 1.165) is 31.4 Å². The third-order valence-corrected chi connectivity index (χ3v) is 3.67. The number of ether oxygens (including phenoxy) is 1. The quantitative estimate of drug-likeness (QED) is 0.784. The Labute approximate surface area is 109 Å². The van der Waals surface area contributed by atoms with Crippen LogP contribution in [0.15, 0.2) is 6.33 Å². The number of rotatable bonds is 6. The minimum Gasteiger partial charge on any atom is -0.383 e. The van der Waals surface area contributed by atoms with Gasteiger partial charge in [0.15, 0.2) is 0 Å². The SMILES string of the molecule is COCCNCc1ncnn1C1CCCC(C)C1. The molecule has 1 saturated carbocycles. The van der Waals surface area contributed by atoms with Crippen LogP contribution < -0.4 is 5.32 Å². The molecular formula is C13H24N4O. The highest BCUT2D eigenvalue weighted by molar-refractivity contribution is 4.89. The van der Waals surface area contributed by atoms with Crippen molar-refractivity contribution in [2.24, 2.45) is 5.92 Å². The van der Waals surface area contributed by atoms with E-state index in [1.807, 2.05) is 0 Å². The van der Waals surface area contributed by atoms with Gasteiger partial charge in [-0.2, -0.15) is 5.10 Å². The Hall–Kier alpha value is -0.940. The third kappa shape index (κ3) is 3.53. The van der Waals surface area contributed by atoms with E-state index in [2.05, 4.69) is 27.0 Å². The summed E-state index contributed by atoms with van der Waals surface area (Å²) in [5.41, 5.74) is 0. The van der Waals surface area contributed by atoms with Gasteiger partial charge in [0.2, 0.25) is 0 Å². The van der Waals surface area contributed by atoms with Crippen LogP contribution in [0.5, 0.6) is 0 Å². The average molecular weight is 252 g/mol. The first-order valence-corrected chi connectivity index (χ1v) is 6.89. The van der Waals surface area contributed by atoms with Gasteiger partial charge in [-0.3, -0.25) is 0 Å². The Morgan fingerprint density at radius 2 is 2.39 bits per heavy atom. The summed E-state index contributed by atoms with van der Waals surface area (Å²) >= 11 is 0. The molecule has 1 aromatic rings. The van der Waals surface area contributed by atoms with E-state index in [1.165, 1.54) is 25.7 Å². The van der Waals surface area contributed by atoms with E-state index in [1.54, 1.807) is 13.4 Å². The second-order valence-electron chi connectivity index (χ2n) is 5.22. The number of hydrogen-bond acceptors (Lipinski definition) is 4. The minimum atomic E-state index is 0.537. The average Bonchev–Trinajstić information content (AvgIpc) is 2.83. The van der Waals surface area contributed by atoms with Crippen molar-refractivity contribution in [3.05, 3.63) is 12.2 Å². The van der Waals surface area contributed by atoms with E-state index >= 15 is 0 Å². The molecule has 1 aromatic heterocycles. The van der Waals surface area contributed by atoms with Crippen LogP contribution in [0.3, 0.4) is 0 Å². The molecule has 1 N–H and O–H groups in total. The van der Waals surface area contributed by atoms with Crippen molar-refractivity contribution in [1.29, 1.82) is 0 Å².